The van der Waals surface area contributed by atoms with Gasteiger partial charge in [-0.3, -0.25) is 0 Å². The first-order chi connectivity index (χ1) is 17.5. The van der Waals surface area contributed by atoms with Gasteiger partial charge < -0.3 is 0 Å². The van der Waals surface area contributed by atoms with E-state index >= 15 is 4.39 Å². The largest absolute Gasteiger partial charge is 0.422 e. The molecule has 4 aromatic carbocycles. The van der Waals surface area contributed by atoms with Crippen LogP contribution in [0.2, 0.25) is 0 Å². The summed E-state index contributed by atoms with van der Waals surface area (Å²) in [6.45, 7) is 4.28. The third kappa shape index (κ3) is 5.55. The molecular formula is C30H23F7. The third-order valence-corrected chi connectivity index (χ3v) is 6.42. The number of halogens is 7. The molecule has 0 saturated heterocycles. The van der Waals surface area contributed by atoms with E-state index in [-0.39, 0.29) is 16.7 Å². The van der Waals surface area contributed by atoms with Gasteiger partial charge in [0.15, 0.2) is 0 Å². The molecule has 0 aliphatic rings. The Hall–Kier alpha value is -3.61. The van der Waals surface area contributed by atoms with Crippen molar-refractivity contribution in [3.63, 3.8) is 0 Å². The molecule has 1 unspecified atom stereocenters. The maximum atomic E-state index is 15.0. The molecular weight excluding hydrogens is 493 g/mol. The number of rotatable bonds is 6. The first kappa shape index (κ1) is 26.5. The van der Waals surface area contributed by atoms with E-state index in [0.29, 0.717) is 23.6 Å². The second kappa shape index (κ2) is 10.4. The van der Waals surface area contributed by atoms with Crippen molar-refractivity contribution in [2.75, 3.05) is 0 Å². The van der Waals surface area contributed by atoms with Crippen LogP contribution in [0.25, 0.3) is 33.4 Å². The zero-order valence-corrected chi connectivity index (χ0v) is 20.1. The normalized spacial score (nSPS) is 12.6. The van der Waals surface area contributed by atoms with E-state index in [0.717, 1.165) is 30.5 Å². The van der Waals surface area contributed by atoms with Crippen LogP contribution in [0, 0.1) is 23.3 Å². The van der Waals surface area contributed by atoms with Gasteiger partial charge in [0, 0.05) is 11.1 Å². The number of benzene rings is 4. The van der Waals surface area contributed by atoms with E-state index in [1.54, 1.807) is 6.07 Å². The molecule has 0 saturated carbocycles. The molecule has 7 heteroatoms. The molecule has 0 spiro atoms. The number of hydrogen-bond acceptors (Lipinski definition) is 0. The monoisotopic (exact) mass is 516 g/mol. The second-order valence-electron chi connectivity index (χ2n) is 9.01. The van der Waals surface area contributed by atoms with E-state index in [1.165, 1.54) is 23.8 Å². The Morgan fingerprint density at radius 1 is 0.595 bits per heavy atom. The van der Waals surface area contributed by atoms with Crippen molar-refractivity contribution >= 4 is 0 Å². The zero-order valence-electron chi connectivity index (χ0n) is 20.1. The zero-order chi connectivity index (χ0) is 26.9. The van der Waals surface area contributed by atoms with Crippen LogP contribution in [0.1, 0.15) is 43.7 Å². The van der Waals surface area contributed by atoms with Crippen LogP contribution < -0.4 is 0 Å². The standard InChI is InChI=1S/C30H23F7/c1-3-4-17(2)18-5-7-19(8-6-18)20-9-11-23(25(31)13-20)21-10-12-24(26(32)14-21)22-15-27(33)29(28(34)16-22)30(35,36)37/h5-17H,3-4H2,1-2H3. The highest BCUT2D eigenvalue weighted by atomic mass is 19.4. The minimum absolute atomic E-state index is 0.104. The first-order valence-corrected chi connectivity index (χ1v) is 11.8. The molecule has 37 heavy (non-hydrogen) atoms. The van der Waals surface area contributed by atoms with Gasteiger partial charge in [0.2, 0.25) is 0 Å². The topological polar surface area (TPSA) is 0 Å². The van der Waals surface area contributed by atoms with E-state index in [4.69, 9.17) is 0 Å². The van der Waals surface area contributed by atoms with Gasteiger partial charge in [-0.1, -0.05) is 68.8 Å². The summed E-state index contributed by atoms with van der Waals surface area (Å²) in [6, 6.07) is 16.7. The fraction of sp³-hybridized carbons (Fsp3) is 0.200. The summed E-state index contributed by atoms with van der Waals surface area (Å²) >= 11 is 0. The fourth-order valence-corrected chi connectivity index (χ4v) is 4.45. The van der Waals surface area contributed by atoms with E-state index in [9.17, 15) is 26.3 Å². The maximum absolute atomic E-state index is 15.0. The van der Waals surface area contributed by atoms with Gasteiger partial charge in [-0.2, -0.15) is 13.2 Å². The van der Waals surface area contributed by atoms with Gasteiger partial charge in [0.25, 0.3) is 0 Å². The molecule has 0 aromatic heterocycles. The first-order valence-electron chi connectivity index (χ1n) is 11.8. The third-order valence-electron chi connectivity index (χ3n) is 6.42. The van der Waals surface area contributed by atoms with Gasteiger partial charge in [0.1, 0.15) is 28.8 Å². The minimum atomic E-state index is -5.23. The maximum Gasteiger partial charge on any atom is 0.422 e. The van der Waals surface area contributed by atoms with Crippen LogP contribution in [0.3, 0.4) is 0 Å². The molecule has 0 aliphatic carbocycles. The summed E-state index contributed by atoms with van der Waals surface area (Å²) in [5, 5.41) is 0. The van der Waals surface area contributed by atoms with Crippen LogP contribution in [0.4, 0.5) is 30.7 Å². The van der Waals surface area contributed by atoms with Gasteiger partial charge in [-0.25, -0.2) is 17.6 Å². The molecule has 1 atom stereocenters. The Balaban J connectivity index is 1.62. The van der Waals surface area contributed by atoms with Crippen molar-refractivity contribution in [1.29, 1.82) is 0 Å². The Labute approximate surface area is 210 Å². The molecule has 0 amide bonds. The lowest BCUT2D eigenvalue weighted by molar-refractivity contribution is -0.142. The Morgan fingerprint density at radius 2 is 1.05 bits per heavy atom. The van der Waals surface area contributed by atoms with Gasteiger partial charge in [-0.05, 0) is 64.4 Å². The molecule has 192 valence electrons. The highest BCUT2D eigenvalue weighted by molar-refractivity contribution is 5.74. The van der Waals surface area contributed by atoms with Crippen LogP contribution in [0.5, 0.6) is 0 Å². The lowest BCUT2D eigenvalue weighted by Gasteiger charge is -2.13. The average Bonchev–Trinajstić information content (AvgIpc) is 2.83. The highest BCUT2D eigenvalue weighted by Crippen LogP contribution is 2.37. The predicted molar refractivity (Wildman–Crippen MR) is 131 cm³/mol. The second-order valence-corrected chi connectivity index (χ2v) is 9.01. The van der Waals surface area contributed by atoms with Gasteiger partial charge in [0.05, 0.1) is 0 Å². The molecule has 0 heterocycles. The Morgan fingerprint density at radius 3 is 1.57 bits per heavy atom. The van der Waals surface area contributed by atoms with Crippen LogP contribution in [0.15, 0.2) is 72.8 Å². The van der Waals surface area contributed by atoms with E-state index in [2.05, 4.69) is 13.8 Å². The highest BCUT2D eigenvalue weighted by Gasteiger charge is 2.38. The van der Waals surface area contributed by atoms with Crippen molar-refractivity contribution in [2.24, 2.45) is 0 Å². The molecule has 0 fully saturated rings. The van der Waals surface area contributed by atoms with Crippen molar-refractivity contribution in [3.05, 3.63) is 107 Å². The SMILES string of the molecule is CCCC(C)c1ccc(-c2ccc(-c3ccc(-c4cc(F)c(C(F)(F)F)c(F)c4)c(F)c3)c(F)c2)cc1. The van der Waals surface area contributed by atoms with Gasteiger partial charge in [-0.15, -0.1) is 0 Å². The Kier molecular flexibility index (Phi) is 7.44. The van der Waals surface area contributed by atoms with Crippen molar-refractivity contribution in [3.8, 4) is 33.4 Å². The molecule has 4 aromatic rings. The van der Waals surface area contributed by atoms with Crippen molar-refractivity contribution < 1.29 is 30.7 Å². The molecule has 0 nitrogen and oxygen atoms in total. The molecule has 0 aliphatic heterocycles. The van der Waals surface area contributed by atoms with Gasteiger partial charge >= 0.3 is 6.18 Å². The quantitative estimate of drug-likeness (QED) is 0.224. The van der Waals surface area contributed by atoms with Crippen LogP contribution >= 0.6 is 0 Å². The lowest BCUT2D eigenvalue weighted by Crippen LogP contribution is -2.11. The molecule has 0 radical (unpaired) electrons. The Bertz CT molecular complexity index is 1400. The predicted octanol–water partition coefficient (Wildman–Crippen LogP) is 10.2. The molecule has 4 rings (SSSR count). The summed E-state index contributed by atoms with van der Waals surface area (Å²) in [5.74, 6) is -4.83. The smallest absolute Gasteiger partial charge is 0.206 e. The fourth-order valence-electron chi connectivity index (χ4n) is 4.45. The minimum Gasteiger partial charge on any atom is -0.206 e. The van der Waals surface area contributed by atoms with Crippen LogP contribution in [-0.2, 0) is 6.18 Å². The summed E-state index contributed by atoms with van der Waals surface area (Å²) in [7, 11) is 0. The van der Waals surface area contributed by atoms with E-state index in [1.807, 2.05) is 24.3 Å². The molecule has 0 N–H and O–H groups in total. The van der Waals surface area contributed by atoms with E-state index < -0.39 is 40.6 Å². The number of hydrogen-bond donors (Lipinski definition) is 0. The van der Waals surface area contributed by atoms with Crippen LogP contribution in [-0.4, -0.2) is 0 Å². The van der Waals surface area contributed by atoms with Crippen molar-refractivity contribution in [1.82, 2.24) is 0 Å². The summed E-state index contributed by atoms with van der Waals surface area (Å²) in [4.78, 5) is 0. The van der Waals surface area contributed by atoms with Crippen molar-refractivity contribution in [2.45, 2.75) is 38.8 Å². The average molecular weight is 517 g/mol. The summed E-state index contributed by atoms with van der Waals surface area (Å²) in [6.07, 6.45) is -3.08. The molecule has 0 bridgehead atoms. The lowest BCUT2D eigenvalue weighted by atomic mass is 9.93. The summed E-state index contributed by atoms with van der Waals surface area (Å²) in [5.41, 5.74) is 0.180. The summed E-state index contributed by atoms with van der Waals surface area (Å²) < 4.78 is 96.3. The number of alkyl halides is 3.